The van der Waals surface area contributed by atoms with E-state index in [9.17, 15) is 14.0 Å². The van der Waals surface area contributed by atoms with Crippen molar-refractivity contribution < 1.29 is 18.7 Å². The van der Waals surface area contributed by atoms with Crippen LogP contribution in [0.4, 0.5) is 10.1 Å². The summed E-state index contributed by atoms with van der Waals surface area (Å²) >= 11 is 4.65. The van der Waals surface area contributed by atoms with E-state index in [-0.39, 0.29) is 28.7 Å². The number of carbonyl (C=O) groups excluding carboxylic acids is 2. The number of hydrogen-bond donors (Lipinski definition) is 1. The minimum Gasteiger partial charge on any atom is -0.465 e. The smallest absolute Gasteiger partial charge is 0.319 e. The van der Waals surface area contributed by atoms with Crippen LogP contribution in [0, 0.1) is 11.7 Å². The first-order chi connectivity index (χ1) is 11.8. The molecule has 25 heavy (non-hydrogen) atoms. The maximum absolute atomic E-state index is 14.1. The Bertz CT molecular complexity index is 610. The number of thioether (sulfide) groups is 1. The average Bonchev–Trinajstić information content (AvgIpc) is 2.55. The number of hydrogen-bond acceptors (Lipinski definition) is 4. The lowest BCUT2D eigenvalue weighted by molar-refractivity contribution is -0.143. The van der Waals surface area contributed by atoms with Gasteiger partial charge in [0.2, 0.25) is 5.91 Å². The largest absolute Gasteiger partial charge is 0.465 e. The van der Waals surface area contributed by atoms with Gasteiger partial charge in [0.25, 0.3) is 0 Å². The summed E-state index contributed by atoms with van der Waals surface area (Å²) in [5.74, 6) is -1.30. The van der Waals surface area contributed by atoms with E-state index in [1.165, 1.54) is 17.8 Å². The summed E-state index contributed by atoms with van der Waals surface area (Å²) in [7, 11) is 0. The molecule has 1 aromatic carbocycles. The molecule has 1 atom stereocenters. The molecule has 4 nitrogen and oxygen atoms in total. The van der Waals surface area contributed by atoms with E-state index in [0.717, 1.165) is 12.8 Å². The summed E-state index contributed by atoms with van der Waals surface area (Å²) in [6.07, 6.45) is 2.25. The highest BCUT2D eigenvalue weighted by molar-refractivity contribution is 9.10. The fourth-order valence-electron chi connectivity index (χ4n) is 1.93. The highest BCUT2D eigenvalue weighted by atomic mass is 79.9. The van der Waals surface area contributed by atoms with Gasteiger partial charge in [-0.25, -0.2) is 4.39 Å². The number of nitrogens with one attached hydrogen (secondary N) is 1. The molecule has 0 spiro atoms. The molecule has 0 bridgehead atoms. The number of esters is 1. The van der Waals surface area contributed by atoms with Crippen LogP contribution in [0.3, 0.4) is 0 Å². The first-order valence-electron chi connectivity index (χ1n) is 8.43. The van der Waals surface area contributed by atoms with E-state index in [0.29, 0.717) is 22.4 Å². The van der Waals surface area contributed by atoms with Crippen molar-refractivity contribution in [3.05, 3.63) is 22.4 Å². The second-order valence-electron chi connectivity index (χ2n) is 5.97. The summed E-state index contributed by atoms with van der Waals surface area (Å²) < 4.78 is 19.9. The third-order valence-corrected chi connectivity index (χ3v) is 5.56. The molecule has 7 heteroatoms. The fraction of sp³-hybridized carbons (Fsp3) is 0.556. The highest BCUT2D eigenvalue weighted by Gasteiger charge is 2.23. The number of ether oxygens (including phenoxy) is 1. The van der Waals surface area contributed by atoms with Crippen LogP contribution in [-0.2, 0) is 14.3 Å². The molecular formula is C18H25BrFNO3S. The minimum absolute atomic E-state index is 0.113. The average molecular weight is 434 g/mol. The Kier molecular flexibility index (Phi) is 9.50. The predicted molar refractivity (Wildman–Crippen MR) is 103 cm³/mol. The molecule has 0 aliphatic carbocycles. The SMILES string of the molecule is CCCOC(=O)C(CCC)Sc1cc(NC(=O)C(C)C)c(F)cc1Br. The number of benzene rings is 1. The number of rotatable bonds is 9. The molecule has 0 aromatic heterocycles. The third kappa shape index (κ3) is 6.98. The molecule has 140 valence electrons. The van der Waals surface area contributed by atoms with E-state index < -0.39 is 5.82 Å². The van der Waals surface area contributed by atoms with Crippen molar-refractivity contribution in [3.63, 3.8) is 0 Å². The second-order valence-corrected chi connectivity index (χ2v) is 8.07. The normalized spacial score (nSPS) is 12.1. The number of carbonyl (C=O) groups is 2. The Morgan fingerprint density at radius 3 is 2.52 bits per heavy atom. The zero-order valence-corrected chi connectivity index (χ0v) is 17.4. The van der Waals surface area contributed by atoms with E-state index in [1.54, 1.807) is 19.9 Å². The van der Waals surface area contributed by atoms with Crippen LogP contribution in [0.2, 0.25) is 0 Å². The van der Waals surface area contributed by atoms with Crippen LogP contribution in [0.25, 0.3) is 0 Å². The summed E-state index contributed by atoms with van der Waals surface area (Å²) in [5.41, 5.74) is 0.113. The number of anilines is 1. The topological polar surface area (TPSA) is 55.4 Å². The molecular weight excluding hydrogens is 409 g/mol. The Hall–Kier alpha value is -1.08. The van der Waals surface area contributed by atoms with Crippen LogP contribution in [0.5, 0.6) is 0 Å². The lowest BCUT2D eigenvalue weighted by atomic mass is 10.2. The number of halogens is 2. The quantitative estimate of drug-likeness (QED) is 0.418. The third-order valence-electron chi connectivity index (χ3n) is 3.34. The molecule has 0 saturated carbocycles. The molecule has 0 aliphatic heterocycles. The van der Waals surface area contributed by atoms with Crippen molar-refractivity contribution in [2.45, 2.75) is 57.1 Å². The summed E-state index contributed by atoms with van der Waals surface area (Å²) in [5, 5.41) is 2.21. The van der Waals surface area contributed by atoms with Gasteiger partial charge in [-0.3, -0.25) is 9.59 Å². The number of amides is 1. The van der Waals surface area contributed by atoms with Crippen LogP contribution in [0.15, 0.2) is 21.5 Å². The Labute approximate surface area is 161 Å². The zero-order valence-electron chi connectivity index (χ0n) is 15.0. The van der Waals surface area contributed by atoms with Crippen molar-refractivity contribution in [2.24, 2.45) is 5.92 Å². The first kappa shape index (κ1) is 22.0. The molecule has 1 N–H and O–H groups in total. The van der Waals surface area contributed by atoms with Crippen LogP contribution in [0.1, 0.15) is 47.0 Å². The molecule has 1 rings (SSSR count). The van der Waals surface area contributed by atoms with Crippen molar-refractivity contribution in [1.29, 1.82) is 0 Å². The van der Waals surface area contributed by atoms with Gasteiger partial charge in [-0.05, 0) is 40.9 Å². The van der Waals surface area contributed by atoms with Crippen molar-refractivity contribution in [2.75, 3.05) is 11.9 Å². The minimum atomic E-state index is -0.522. The molecule has 1 amide bonds. The Morgan fingerprint density at radius 1 is 1.28 bits per heavy atom. The maximum atomic E-state index is 14.1. The van der Waals surface area contributed by atoms with E-state index in [1.807, 2.05) is 13.8 Å². The molecule has 1 aromatic rings. The summed E-state index contributed by atoms with van der Waals surface area (Å²) in [6, 6.07) is 2.86. The van der Waals surface area contributed by atoms with Gasteiger partial charge in [0.15, 0.2) is 0 Å². The van der Waals surface area contributed by atoms with E-state index in [2.05, 4.69) is 21.2 Å². The lowest BCUT2D eigenvalue weighted by Gasteiger charge is -2.17. The van der Waals surface area contributed by atoms with Gasteiger partial charge in [0, 0.05) is 15.3 Å². The second kappa shape index (κ2) is 10.8. The first-order valence-corrected chi connectivity index (χ1v) is 10.1. The fourth-order valence-corrected chi connectivity index (χ4v) is 3.71. The highest BCUT2D eigenvalue weighted by Crippen LogP contribution is 2.36. The Morgan fingerprint density at radius 2 is 1.96 bits per heavy atom. The molecule has 0 saturated heterocycles. The molecule has 0 aliphatic rings. The zero-order chi connectivity index (χ0) is 19.0. The van der Waals surface area contributed by atoms with Crippen molar-refractivity contribution in [1.82, 2.24) is 0 Å². The van der Waals surface area contributed by atoms with Crippen LogP contribution in [-0.4, -0.2) is 23.7 Å². The predicted octanol–water partition coefficient (Wildman–Crippen LogP) is 5.40. The lowest BCUT2D eigenvalue weighted by Crippen LogP contribution is -2.21. The van der Waals surface area contributed by atoms with Crippen molar-refractivity contribution in [3.8, 4) is 0 Å². The summed E-state index contributed by atoms with van der Waals surface area (Å²) in [4.78, 5) is 24.8. The van der Waals surface area contributed by atoms with Gasteiger partial charge >= 0.3 is 5.97 Å². The standard InChI is InChI=1S/C18H25BrFNO3S/c1-5-7-15(18(23)24-8-6-2)25-16-10-14(13(20)9-12(16)19)21-17(22)11(3)4/h9-11,15H,5-8H2,1-4H3,(H,21,22). The van der Waals surface area contributed by atoms with Crippen LogP contribution >= 0.6 is 27.7 Å². The molecule has 1 unspecified atom stereocenters. The van der Waals surface area contributed by atoms with Crippen LogP contribution < -0.4 is 5.32 Å². The monoisotopic (exact) mass is 433 g/mol. The van der Waals surface area contributed by atoms with Crippen molar-refractivity contribution >= 4 is 45.3 Å². The van der Waals surface area contributed by atoms with E-state index >= 15 is 0 Å². The molecule has 0 fully saturated rings. The summed E-state index contributed by atoms with van der Waals surface area (Å²) in [6.45, 7) is 7.80. The molecule has 0 heterocycles. The van der Waals surface area contributed by atoms with Gasteiger partial charge in [-0.1, -0.05) is 34.1 Å². The van der Waals surface area contributed by atoms with Gasteiger partial charge < -0.3 is 10.1 Å². The van der Waals surface area contributed by atoms with E-state index in [4.69, 9.17) is 4.74 Å². The van der Waals surface area contributed by atoms with Gasteiger partial charge in [0.05, 0.1) is 12.3 Å². The maximum Gasteiger partial charge on any atom is 0.319 e. The Balaban J connectivity index is 3.01. The van der Waals surface area contributed by atoms with Gasteiger partial charge in [0.1, 0.15) is 11.1 Å². The van der Waals surface area contributed by atoms with Gasteiger partial charge in [-0.15, -0.1) is 11.8 Å². The molecule has 0 radical (unpaired) electrons. The van der Waals surface area contributed by atoms with Gasteiger partial charge in [-0.2, -0.15) is 0 Å².